The van der Waals surface area contributed by atoms with Crippen LogP contribution in [0, 0.1) is 17.3 Å². The van der Waals surface area contributed by atoms with Crippen molar-refractivity contribution in [1.29, 1.82) is 0 Å². The Morgan fingerprint density at radius 2 is 2.10 bits per heavy atom. The smallest absolute Gasteiger partial charge is 0.256 e. The number of carbonyl (C=O) groups excluding carboxylic acids is 1. The second-order valence-corrected chi connectivity index (χ2v) is 6.80. The molecule has 2 atom stereocenters. The summed E-state index contributed by atoms with van der Waals surface area (Å²) in [5.74, 6) is 1.49. The zero-order valence-corrected chi connectivity index (χ0v) is 11.9. The Morgan fingerprint density at radius 3 is 2.85 bits per heavy atom. The zero-order chi connectivity index (χ0) is 13.9. The van der Waals surface area contributed by atoms with E-state index in [9.17, 15) is 4.79 Å². The number of benzene rings is 1. The predicted octanol–water partition coefficient (Wildman–Crippen LogP) is 4.01. The molecule has 0 radical (unpaired) electrons. The molecule has 2 heteroatoms. The van der Waals surface area contributed by atoms with Crippen molar-refractivity contribution in [3.8, 4) is 0 Å². The van der Waals surface area contributed by atoms with Crippen molar-refractivity contribution in [3.05, 3.63) is 47.6 Å². The number of fused-ring (bicyclic) bond motifs is 2. The van der Waals surface area contributed by atoms with Gasteiger partial charge in [-0.2, -0.15) is 0 Å². The quantitative estimate of drug-likeness (QED) is 0.764. The van der Waals surface area contributed by atoms with Crippen LogP contribution in [0.2, 0.25) is 0 Å². The molecule has 1 amide bonds. The molecule has 20 heavy (non-hydrogen) atoms. The lowest BCUT2D eigenvalue weighted by Crippen LogP contribution is -2.47. The van der Waals surface area contributed by atoms with Crippen LogP contribution in [0.3, 0.4) is 0 Å². The first-order valence-corrected chi connectivity index (χ1v) is 7.40. The van der Waals surface area contributed by atoms with E-state index in [2.05, 4.69) is 31.3 Å². The van der Waals surface area contributed by atoms with E-state index in [1.807, 2.05) is 24.3 Å². The van der Waals surface area contributed by atoms with Crippen LogP contribution in [0.25, 0.3) is 5.57 Å². The second kappa shape index (κ2) is 3.85. The van der Waals surface area contributed by atoms with Crippen LogP contribution in [0.15, 0.2) is 42.0 Å². The van der Waals surface area contributed by atoms with Gasteiger partial charge in [0.05, 0.1) is 0 Å². The second-order valence-electron chi connectivity index (χ2n) is 6.80. The fourth-order valence-corrected chi connectivity index (χ4v) is 4.01. The van der Waals surface area contributed by atoms with Gasteiger partial charge in [0.25, 0.3) is 5.91 Å². The third-order valence-electron chi connectivity index (χ3n) is 5.53. The number of carbonyl (C=O) groups is 1. The van der Waals surface area contributed by atoms with Crippen molar-refractivity contribution >= 4 is 17.2 Å². The van der Waals surface area contributed by atoms with E-state index in [4.69, 9.17) is 0 Å². The van der Waals surface area contributed by atoms with E-state index in [-0.39, 0.29) is 5.91 Å². The summed E-state index contributed by atoms with van der Waals surface area (Å²) in [6.45, 7) is 4.72. The summed E-state index contributed by atoms with van der Waals surface area (Å²) in [5, 5.41) is 2.95. The van der Waals surface area contributed by atoms with E-state index in [0.29, 0.717) is 11.3 Å². The molecule has 4 aliphatic rings. The molecule has 2 bridgehead atoms. The molecular weight excluding hydrogens is 246 g/mol. The Balaban J connectivity index is 1.75. The number of hydrogen-bond acceptors (Lipinski definition) is 1. The maximum absolute atomic E-state index is 12.2. The molecule has 1 heterocycles. The number of anilines is 1. The van der Waals surface area contributed by atoms with E-state index in [0.717, 1.165) is 29.2 Å². The number of amides is 1. The number of para-hydroxylation sites is 1. The first-order chi connectivity index (χ1) is 9.57. The van der Waals surface area contributed by atoms with Gasteiger partial charge in [-0.1, -0.05) is 38.1 Å². The number of nitrogens with one attached hydrogen (secondary N) is 1. The van der Waals surface area contributed by atoms with Gasteiger partial charge in [-0.05, 0) is 47.8 Å². The van der Waals surface area contributed by atoms with E-state index in [1.54, 1.807) is 0 Å². The first kappa shape index (κ1) is 12.0. The molecule has 0 aromatic heterocycles. The van der Waals surface area contributed by atoms with Crippen molar-refractivity contribution in [2.45, 2.75) is 26.7 Å². The summed E-state index contributed by atoms with van der Waals surface area (Å²) in [5.41, 5.74) is 4.56. The molecule has 1 aliphatic heterocycles. The summed E-state index contributed by atoms with van der Waals surface area (Å²) in [6.07, 6.45) is 6.91. The van der Waals surface area contributed by atoms with Crippen LogP contribution in [-0.2, 0) is 4.79 Å². The van der Waals surface area contributed by atoms with Gasteiger partial charge in [-0.15, -0.1) is 0 Å². The minimum absolute atomic E-state index is 0.0337. The van der Waals surface area contributed by atoms with Crippen LogP contribution < -0.4 is 5.32 Å². The maximum Gasteiger partial charge on any atom is 0.256 e. The van der Waals surface area contributed by atoms with Crippen LogP contribution in [0.4, 0.5) is 5.69 Å². The summed E-state index contributed by atoms with van der Waals surface area (Å²) >= 11 is 0. The van der Waals surface area contributed by atoms with E-state index in [1.165, 1.54) is 12.0 Å². The topological polar surface area (TPSA) is 29.1 Å². The molecule has 1 fully saturated rings. The molecule has 0 saturated heterocycles. The van der Waals surface area contributed by atoms with Crippen LogP contribution >= 0.6 is 0 Å². The standard InChI is InChI=1S/C18H19NO/c1-18(2)12-8-7-11(15(18)10-12)9-14-13-5-3-4-6-16(13)19-17(14)20/h3-7,9,12,15H,8,10H2,1-2H3,(H,19,20)/b14-9+. The SMILES string of the molecule is CC1(C)C2CC=C(/C=C3/C(=O)Nc4ccccc43)C1C2. The van der Waals surface area contributed by atoms with Gasteiger partial charge in [0.1, 0.15) is 0 Å². The highest BCUT2D eigenvalue weighted by molar-refractivity contribution is 6.31. The Morgan fingerprint density at radius 1 is 1.30 bits per heavy atom. The molecule has 5 rings (SSSR count). The predicted molar refractivity (Wildman–Crippen MR) is 81.1 cm³/mol. The van der Waals surface area contributed by atoms with Crippen molar-refractivity contribution in [2.75, 3.05) is 5.32 Å². The molecule has 1 aromatic rings. The lowest BCUT2D eigenvalue weighted by atomic mass is 9.49. The highest BCUT2D eigenvalue weighted by Crippen LogP contribution is 2.59. The van der Waals surface area contributed by atoms with Crippen LogP contribution in [0.5, 0.6) is 0 Å². The molecule has 1 saturated carbocycles. The molecule has 1 N–H and O–H groups in total. The van der Waals surface area contributed by atoms with Gasteiger partial charge in [-0.25, -0.2) is 0 Å². The average molecular weight is 265 g/mol. The highest BCUT2D eigenvalue weighted by Gasteiger charge is 2.50. The number of hydrogen-bond donors (Lipinski definition) is 1. The third kappa shape index (κ3) is 1.48. The molecule has 3 aliphatic carbocycles. The van der Waals surface area contributed by atoms with Gasteiger partial charge in [0, 0.05) is 16.8 Å². The molecule has 102 valence electrons. The van der Waals surface area contributed by atoms with Crippen molar-refractivity contribution < 1.29 is 4.79 Å². The van der Waals surface area contributed by atoms with Crippen LogP contribution in [0.1, 0.15) is 32.3 Å². The Hall–Kier alpha value is -1.83. The molecule has 2 nitrogen and oxygen atoms in total. The van der Waals surface area contributed by atoms with Crippen molar-refractivity contribution in [3.63, 3.8) is 0 Å². The van der Waals surface area contributed by atoms with Gasteiger partial charge < -0.3 is 5.32 Å². The lowest BCUT2D eigenvalue weighted by molar-refractivity contribution is -0.110. The zero-order valence-electron chi connectivity index (χ0n) is 11.9. The summed E-state index contributed by atoms with van der Waals surface area (Å²) in [6, 6.07) is 7.94. The molecule has 1 aromatic carbocycles. The van der Waals surface area contributed by atoms with Gasteiger partial charge in [0.15, 0.2) is 0 Å². The Kier molecular flexibility index (Phi) is 2.30. The van der Waals surface area contributed by atoms with E-state index < -0.39 is 0 Å². The van der Waals surface area contributed by atoms with Crippen molar-refractivity contribution in [2.24, 2.45) is 17.3 Å². The largest absolute Gasteiger partial charge is 0.321 e. The normalized spacial score (nSPS) is 31.4. The third-order valence-corrected chi connectivity index (χ3v) is 5.53. The monoisotopic (exact) mass is 265 g/mol. The first-order valence-electron chi connectivity index (χ1n) is 7.40. The Labute approximate surface area is 119 Å². The van der Waals surface area contributed by atoms with Gasteiger partial charge >= 0.3 is 0 Å². The molecule has 0 spiro atoms. The molecular formula is C18H19NO. The fraction of sp³-hybridized carbons (Fsp3) is 0.389. The Bertz CT molecular complexity index is 666. The number of allylic oxidation sites excluding steroid dienone is 3. The van der Waals surface area contributed by atoms with Crippen LogP contribution in [-0.4, -0.2) is 5.91 Å². The minimum atomic E-state index is 0.0337. The highest BCUT2D eigenvalue weighted by atomic mass is 16.2. The lowest BCUT2D eigenvalue weighted by Gasteiger charge is -2.56. The van der Waals surface area contributed by atoms with E-state index >= 15 is 0 Å². The van der Waals surface area contributed by atoms with Gasteiger partial charge in [-0.3, -0.25) is 4.79 Å². The average Bonchev–Trinajstić information content (AvgIpc) is 2.75. The maximum atomic E-state index is 12.2. The fourth-order valence-electron chi connectivity index (χ4n) is 4.01. The van der Waals surface area contributed by atoms with Crippen molar-refractivity contribution in [1.82, 2.24) is 0 Å². The van der Waals surface area contributed by atoms with Gasteiger partial charge in [0.2, 0.25) is 0 Å². The number of rotatable bonds is 1. The molecule has 2 unspecified atom stereocenters. The minimum Gasteiger partial charge on any atom is -0.321 e. The summed E-state index contributed by atoms with van der Waals surface area (Å²) < 4.78 is 0. The summed E-state index contributed by atoms with van der Waals surface area (Å²) in [4.78, 5) is 12.2. The summed E-state index contributed by atoms with van der Waals surface area (Å²) in [7, 11) is 0.